The third-order valence-electron chi connectivity index (χ3n) is 2.67. The topological polar surface area (TPSA) is 120 Å². The zero-order valence-electron chi connectivity index (χ0n) is 9.84. The highest BCUT2D eigenvalue weighted by atomic mass is 32.2. The second-order valence-corrected chi connectivity index (χ2v) is 5.38. The fourth-order valence-corrected chi connectivity index (χ4v) is 1.91. The molecule has 0 radical (unpaired) electrons. The fraction of sp³-hybridized carbons (Fsp3) is 0.400. The maximum Gasteiger partial charge on any atom is 0.271 e. The van der Waals surface area contributed by atoms with E-state index in [1.807, 2.05) is 0 Å². The fourth-order valence-electron chi connectivity index (χ4n) is 1.49. The smallest absolute Gasteiger partial charge is 0.271 e. The minimum absolute atomic E-state index is 0.152. The lowest BCUT2D eigenvalue weighted by Gasteiger charge is -2.12. The van der Waals surface area contributed by atoms with Crippen molar-refractivity contribution in [1.82, 2.24) is 4.57 Å². The Bertz CT molecular complexity index is 682. The molecule has 0 aromatic carbocycles. The van der Waals surface area contributed by atoms with Crippen LogP contribution in [0.3, 0.4) is 0 Å². The second kappa shape index (κ2) is 4.80. The van der Waals surface area contributed by atoms with Gasteiger partial charge in [0.05, 0.1) is 5.75 Å². The molecule has 0 bridgehead atoms. The van der Waals surface area contributed by atoms with Crippen molar-refractivity contribution >= 4 is 10.1 Å². The number of hydrogen-bond acceptors (Lipinski definition) is 5. The number of nitriles is 1. The van der Waals surface area contributed by atoms with Gasteiger partial charge in [0.25, 0.3) is 15.7 Å². The standard InChI is InChI=1S/C10H12N2O5S/c1-6-7(2)9(13)12(3-4-18(15,16)17)10(14)8(6)5-11/h13H,3-4H2,1-2H3,(H,15,16,17). The third-order valence-corrected chi connectivity index (χ3v) is 3.37. The predicted octanol–water partition coefficient (Wildman–Crippen LogP) is -0.0698. The van der Waals surface area contributed by atoms with Crippen molar-refractivity contribution in [2.24, 2.45) is 0 Å². The maximum atomic E-state index is 11.8. The molecule has 0 unspecified atom stereocenters. The van der Waals surface area contributed by atoms with E-state index in [0.717, 1.165) is 4.57 Å². The Morgan fingerprint density at radius 1 is 1.33 bits per heavy atom. The lowest BCUT2D eigenvalue weighted by Crippen LogP contribution is -2.27. The Hall–Kier alpha value is -1.85. The van der Waals surface area contributed by atoms with Crippen LogP contribution in [0.2, 0.25) is 0 Å². The molecule has 0 aliphatic carbocycles. The number of aromatic hydroxyl groups is 1. The first-order valence-corrected chi connectivity index (χ1v) is 6.58. The van der Waals surface area contributed by atoms with E-state index in [0.29, 0.717) is 11.1 Å². The van der Waals surface area contributed by atoms with Crippen LogP contribution in [0.15, 0.2) is 4.79 Å². The second-order valence-electron chi connectivity index (χ2n) is 3.80. The van der Waals surface area contributed by atoms with Gasteiger partial charge in [-0.25, -0.2) is 0 Å². The summed E-state index contributed by atoms with van der Waals surface area (Å²) >= 11 is 0. The summed E-state index contributed by atoms with van der Waals surface area (Å²) in [5.41, 5.74) is -0.257. The maximum absolute atomic E-state index is 11.8. The summed E-state index contributed by atoms with van der Waals surface area (Å²) in [6.07, 6.45) is 0. The summed E-state index contributed by atoms with van der Waals surface area (Å²) in [6.45, 7) is 2.61. The molecule has 8 heteroatoms. The van der Waals surface area contributed by atoms with Crippen molar-refractivity contribution in [2.45, 2.75) is 20.4 Å². The number of aromatic nitrogens is 1. The first-order valence-electron chi connectivity index (χ1n) is 4.97. The largest absolute Gasteiger partial charge is 0.494 e. The van der Waals surface area contributed by atoms with E-state index in [1.54, 1.807) is 6.07 Å². The molecule has 2 N–H and O–H groups in total. The van der Waals surface area contributed by atoms with Crippen molar-refractivity contribution in [3.8, 4) is 11.9 Å². The molecular formula is C10H12N2O5S. The highest BCUT2D eigenvalue weighted by molar-refractivity contribution is 7.85. The van der Waals surface area contributed by atoms with Crippen molar-refractivity contribution in [2.75, 3.05) is 5.75 Å². The van der Waals surface area contributed by atoms with E-state index >= 15 is 0 Å². The van der Waals surface area contributed by atoms with Gasteiger partial charge in [-0.3, -0.25) is 13.9 Å². The van der Waals surface area contributed by atoms with Gasteiger partial charge in [0.1, 0.15) is 11.6 Å². The van der Waals surface area contributed by atoms with Gasteiger partial charge in [0.15, 0.2) is 5.88 Å². The quantitative estimate of drug-likeness (QED) is 0.743. The van der Waals surface area contributed by atoms with E-state index in [9.17, 15) is 18.3 Å². The summed E-state index contributed by atoms with van der Waals surface area (Å²) in [5.74, 6) is -1.12. The lowest BCUT2D eigenvalue weighted by atomic mass is 10.1. The Labute approximate surface area is 104 Å². The minimum atomic E-state index is -4.25. The van der Waals surface area contributed by atoms with Crippen molar-refractivity contribution < 1.29 is 18.1 Å². The van der Waals surface area contributed by atoms with Crippen LogP contribution in [0.4, 0.5) is 0 Å². The summed E-state index contributed by atoms with van der Waals surface area (Å²) in [6, 6.07) is 1.71. The van der Waals surface area contributed by atoms with Crippen molar-refractivity contribution in [3.05, 3.63) is 27.0 Å². The first-order chi connectivity index (χ1) is 8.19. The average Bonchev–Trinajstić information content (AvgIpc) is 2.25. The van der Waals surface area contributed by atoms with Gasteiger partial charge >= 0.3 is 0 Å². The van der Waals surface area contributed by atoms with Gasteiger partial charge in [0.2, 0.25) is 0 Å². The highest BCUT2D eigenvalue weighted by Gasteiger charge is 2.17. The number of nitrogens with zero attached hydrogens (tertiary/aromatic N) is 2. The van der Waals surface area contributed by atoms with Crippen molar-refractivity contribution in [1.29, 1.82) is 5.26 Å². The monoisotopic (exact) mass is 272 g/mol. The molecule has 0 saturated carbocycles. The molecule has 0 spiro atoms. The molecule has 7 nitrogen and oxygen atoms in total. The normalized spacial score (nSPS) is 11.2. The molecule has 98 valence electrons. The zero-order valence-corrected chi connectivity index (χ0v) is 10.7. The van der Waals surface area contributed by atoms with E-state index < -0.39 is 33.9 Å². The van der Waals surface area contributed by atoms with Gasteiger partial charge in [-0.05, 0) is 19.4 Å². The third kappa shape index (κ3) is 2.69. The molecule has 1 heterocycles. The Balaban J connectivity index is 3.42. The molecule has 0 fully saturated rings. The van der Waals surface area contributed by atoms with Crippen molar-refractivity contribution in [3.63, 3.8) is 0 Å². The molecule has 1 aromatic rings. The molecule has 18 heavy (non-hydrogen) atoms. The van der Waals surface area contributed by atoms with Crippen LogP contribution in [0.25, 0.3) is 0 Å². The highest BCUT2D eigenvalue weighted by Crippen LogP contribution is 2.19. The van der Waals surface area contributed by atoms with Crippen LogP contribution in [-0.4, -0.2) is 28.4 Å². The molecular weight excluding hydrogens is 260 g/mol. The van der Waals surface area contributed by atoms with Gasteiger partial charge in [0, 0.05) is 12.1 Å². The van der Waals surface area contributed by atoms with Gasteiger partial charge in [-0.1, -0.05) is 0 Å². The lowest BCUT2D eigenvalue weighted by molar-refractivity contribution is 0.403. The van der Waals surface area contributed by atoms with Crippen LogP contribution in [0.5, 0.6) is 5.88 Å². The molecule has 0 saturated heterocycles. The first kappa shape index (κ1) is 14.2. The van der Waals surface area contributed by atoms with E-state index in [2.05, 4.69) is 0 Å². The Morgan fingerprint density at radius 3 is 2.33 bits per heavy atom. The predicted molar refractivity (Wildman–Crippen MR) is 63.0 cm³/mol. The van der Waals surface area contributed by atoms with Crippen LogP contribution in [0.1, 0.15) is 16.7 Å². The zero-order chi connectivity index (χ0) is 14.1. The van der Waals surface area contributed by atoms with Crippen LogP contribution < -0.4 is 5.56 Å². The molecule has 0 aliphatic rings. The number of hydrogen-bond donors (Lipinski definition) is 2. The van der Waals surface area contributed by atoms with E-state index in [1.165, 1.54) is 13.8 Å². The molecule has 1 rings (SSSR count). The molecule has 0 aliphatic heterocycles. The minimum Gasteiger partial charge on any atom is -0.494 e. The summed E-state index contributed by atoms with van der Waals surface area (Å²) in [4.78, 5) is 11.8. The van der Waals surface area contributed by atoms with Crippen LogP contribution in [-0.2, 0) is 16.7 Å². The van der Waals surface area contributed by atoms with E-state index in [4.69, 9.17) is 9.81 Å². The number of pyridine rings is 1. The van der Waals surface area contributed by atoms with Crippen LogP contribution >= 0.6 is 0 Å². The van der Waals surface area contributed by atoms with Gasteiger partial charge in [-0.2, -0.15) is 13.7 Å². The molecule has 0 atom stereocenters. The van der Waals surface area contributed by atoms with E-state index in [-0.39, 0.29) is 5.56 Å². The molecule has 1 aromatic heterocycles. The Morgan fingerprint density at radius 2 is 1.89 bits per heavy atom. The van der Waals surface area contributed by atoms with Crippen LogP contribution in [0, 0.1) is 25.2 Å². The summed E-state index contributed by atoms with van der Waals surface area (Å²) in [7, 11) is -4.25. The number of rotatable bonds is 3. The van der Waals surface area contributed by atoms with Gasteiger partial charge < -0.3 is 5.11 Å². The summed E-state index contributed by atoms with van der Waals surface area (Å²) < 4.78 is 30.6. The Kier molecular flexibility index (Phi) is 3.79. The average molecular weight is 272 g/mol. The molecule has 0 amide bonds. The SMILES string of the molecule is Cc1c(C)c(O)n(CCS(=O)(=O)O)c(=O)c1C#N. The van der Waals surface area contributed by atoms with Gasteiger partial charge in [-0.15, -0.1) is 0 Å². The summed E-state index contributed by atoms with van der Waals surface area (Å²) in [5, 5.41) is 18.6.